The van der Waals surface area contributed by atoms with Gasteiger partial charge in [-0.25, -0.2) is 9.97 Å². The van der Waals surface area contributed by atoms with E-state index in [2.05, 4.69) is 33.8 Å². The molecule has 1 aliphatic heterocycles. The van der Waals surface area contributed by atoms with E-state index in [1.807, 2.05) is 18.8 Å². The number of nitrogens with zero attached hydrogens (tertiary/aromatic N) is 5. The van der Waals surface area contributed by atoms with Crippen LogP contribution in [-0.4, -0.2) is 48.2 Å². The topological polar surface area (TPSA) is 46.8 Å². The van der Waals surface area contributed by atoms with Crippen LogP contribution < -0.4 is 0 Å². The highest BCUT2D eigenvalue weighted by Gasteiger charge is 2.24. The highest BCUT2D eigenvalue weighted by molar-refractivity contribution is 8.00. The summed E-state index contributed by atoms with van der Waals surface area (Å²) in [5, 5.41) is 5.50. The lowest BCUT2D eigenvalue weighted by Crippen LogP contribution is -2.27. The molecule has 2 aromatic rings. The van der Waals surface area contributed by atoms with E-state index >= 15 is 0 Å². The zero-order valence-corrected chi connectivity index (χ0v) is 14.2. The first-order valence-electron chi connectivity index (χ1n) is 7.15. The van der Waals surface area contributed by atoms with E-state index in [4.69, 9.17) is 11.6 Å². The first-order valence-corrected chi connectivity index (χ1v) is 8.51. The van der Waals surface area contributed by atoms with Gasteiger partial charge in [0.25, 0.3) is 0 Å². The van der Waals surface area contributed by atoms with E-state index in [1.54, 1.807) is 10.9 Å². The van der Waals surface area contributed by atoms with Gasteiger partial charge in [-0.05, 0) is 13.0 Å². The van der Waals surface area contributed by atoms with Crippen LogP contribution in [0, 0.1) is 0 Å². The van der Waals surface area contributed by atoms with Gasteiger partial charge in [0.05, 0.1) is 18.1 Å². The highest BCUT2D eigenvalue weighted by Crippen LogP contribution is 2.31. The number of hydrogen-bond donors (Lipinski definition) is 0. The molecule has 114 valence electrons. The molecule has 1 fully saturated rings. The van der Waals surface area contributed by atoms with Crippen LogP contribution in [0.4, 0.5) is 0 Å². The van der Waals surface area contributed by atoms with Crippen molar-refractivity contribution in [2.24, 2.45) is 7.05 Å². The van der Waals surface area contributed by atoms with E-state index in [-0.39, 0.29) is 0 Å². The Balaban J connectivity index is 1.80. The molecule has 0 saturated carbocycles. The number of aryl methyl sites for hydroxylation is 1. The summed E-state index contributed by atoms with van der Waals surface area (Å²) in [6.45, 7) is 7.52. The molecular formula is C14H20ClN5S. The summed E-state index contributed by atoms with van der Waals surface area (Å²) in [6.07, 6.45) is 2.89. The van der Waals surface area contributed by atoms with Crippen LogP contribution in [0.25, 0.3) is 11.0 Å². The molecule has 0 spiro atoms. The van der Waals surface area contributed by atoms with Crippen LogP contribution in [0.1, 0.15) is 26.1 Å². The van der Waals surface area contributed by atoms with Crippen molar-refractivity contribution in [2.45, 2.75) is 31.6 Å². The monoisotopic (exact) mass is 325 g/mol. The largest absolute Gasteiger partial charge is 0.295 e. The number of hydrogen-bond acceptors (Lipinski definition) is 5. The van der Waals surface area contributed by atoms with Gasteiger partial charge < -0.3 is 0 Å². The molecule has 21 heavy (non-hydrogen) atoms. The normalized spacial score (nSPS) is 19.8. The van der Waals surface area contributed by atoms with E-state index < -0.39 is 0 Å². The minimum Gasteiger partial charge on any atom is -0.295 e. The van der Waals surface area contributed by atoms with Gasteiger partial charge >= 0.3 is 0 Å². The molecule has 7 heteroatoms. The lowest BCUT2D eigenvalue weighted by Gasteiger charge is -2.22. The predicted octanol–water partition coefficient (Wildman–Crippen LogP) is 2.73. The fraction of sp³-hybridized carbons (Fsp3) is 0.643. The predicted molar refractivity (Wildman–Crippen MR) is 87.7 cm³/mol. The Hall–Kier alpha value is -0.850. The van der Waals surface area contributed by atoms with Crippen molar-refractivity contribution in [1.82, 2.24) is 24.6 Å². The van der Waals surface area contributed by atoms with Gasteiger partial charge in [-0.3, -0.25) is 9.58 Å². The van der Waals surface area contributed by atoms with Crippen LogP contribution in [0.2, 0.25) is 5.15 Å². The summed E-state index contributed by atoms with van der Waals surface area (Å²) in [4.78, 5) is 11.5. The first-order chi connectivity index (χ1) is 9.94. The van der Waals surface area contributed by atoms with Crippen molar-refractivity contribution in [3.63, 3.8) is 0 Å². The van der Waals surface area contributed by atoms with Crippen LogP contribution in [-0.2, 0) is 13.6 Å². The van der Waals surface area contributed by atoms with Crippen LogP contribution >= 0.6 is 23.4 Å². The number of rotatable bonds is 2. The number of thioether (sulfide) groups is 1. The number of halogens is 1. The Morgan fingerprint density at radius 1 is 1.33 bits per heavy atom. The van der Waals surface area contributed by atoms with Gasteiger partial charge in [-0.1, -0.05) is 25.4 Å². The molecule has 0 unspecified atom stereocenters. The Morgan fingerprint density at radius 3 is 2.95 bits per heavy atom. The van der Waals surface area contributed by atoms with Gasteiger partial charge in [-0.15, -0.1) is 0 Å². The SMILES string of the molecule is Cn1ncc2c(Cl)nc(CN3CCSC(C)(C)CC3)nc21. The Labute approximate surface area is 134 Å². The minimum atomic E-state index is 0.360. The summed E-state index contributed by atoms with van der Waals surface area (Å²) >= 11 is 8.29. The molecule has 0 aliphatic carbocycles. The molecule has 5 nitrogen and oxygen atoms in total. The van der Waals surface area contributed by atoms with E-state index in [1.165, 1.54) is 6.42 Å². The molecule has 0 bridgehead atoms. The molecule has 2 aromatic heterocycles. The molecule has 0 radical (unpaired) electrons. The standard InChI is InChI=1S/C14H20ClN5S/c1-14(2)4-5-20(6-7-21-14)9-11-17-12(15)10-8-16-19(3)13(10)18-11/h8H,4-7,9H2,1-3H3. The summed E-state index contributed by atoms with van der Waals surface area (Å²) < 4.78 is 2.10. The third kappa shape index (κ3) is 3.33. The van der Waals surface area contributed by atoms with E-state index in [0.717, 1.165) is 42.2 Å². The Bertz CT molecular complexity index is 654. The summed E-state index contributed by atoms with van der Waals surface area (Å²) in [5.41, 5.74) is 0.800. The molecular weight excluding hydrogens is 306 g/mol. The fourth-order valence-electron chi connectivity index (χ4n) is 2.52. The third-order valence-electron chi connectivity index (χ3n) is 3.89. The van der Waals surface area contributed by atoms with Crippen molar-refractivity contribution in [3.05, 3.63) is 17.2 Å². The summed E-state index contributed by atoms with van der Waals surface area (Å²) in [5.74, 6) is 1.93. The molecule has 3 heterocycles. The van der Waals surface area contributed by atoms with Crippen LogP contribution in [0.15, 0.2) is 6.20 Å². The minimum absolute atomic E-state index is 0.360. The lowest BCUT2D eigenvalue weighted by atomic mass is 10.1. The average Bonchev–Trinajstić information content (AvgIpc) is 2.69. The summed E-state index contributed by atoms with van der Waals surface area (Å²) in [6, 6.07) is 0. The Morgan fingerprint density at radius 2 is 2.14 bits per heavy atom. The van der Waals surface area contributed by atoms with E-state index in [9.17, 15) is 0 Å². The quantitative estimate of drug-likeness (QED) is 0.794. The molecule has 0 aromatic carbocycles. The molecule has 0 atom stereocenters. The second kappa shape index (κ2) is 5.74. The number of aromatic nitrogens is 4. The van der Waals surface area contributed by atoms with Crippen molar-refractivity contribution in [2.75, 3.05) is 18.8 Å². The van der Waals surface area contributed by atoms with Gasteiger partial charge in [-0.2, -0.15) is 16.9 Å². The zero-order valence-electron chi connectivity index (χ0n) is 12.6. The van der Waals surface area contributed by atoms with Crippen LogP contribution in [0.5, 0.6) is 0 Å². The molecule has 3 rings (SSSR count). The van der Waals surface area contributed by atoms with Gasteiger partial charge in [0, 0.05) is 24.1 Å². The maximum absolute atomic E-state index is 6.24. The molecule has 1 aliphatic rings. The smallest absolute Gasteiger partial charge is 0.162 e. The second-order valence-corrected chi connectivity index (χ2v) is 8.23. The highest BCUT2D eigenvalue weighted by atomic mass is 35.5. The first kappa shape index (κ1) is 15.1. The van der Waals surface area contributed by atoms with Gasteiger partial charge in [0.1, 0.15) is 11.0 Å². The second-order valence-electron chi connectivity index (χ2n) is 6.07. The van der Waals surface area contributed by atoms with Crippen molar-refractivity contribution in [3.8, 4) is 0 Å². The van der Waals surface area contributed by atoms with Crippen molar-refractivity contribution in [1.29, 1.82) is 0 Å². The summed E-state index contributed by atoms with van der Waals surface area (Å²) in [7, 11) is 1.88. The number of fused-ring (bicyclic) bond motifs is 1. The van der Waals surface area contributed by atoms with Crippen molar-refractivity contribution >= 4 is 34.4 Å². The van der Waals surface area contributed by atoms with Gasteiger partial charge in [0.2, 0.25) is 0 Å². The zero-order chi connectivity index (χ0) is 15.0. The van der Waals surface area contributed by atoms with Gasteiger partial charge in [0.15, 0.2) is 5.65 Å². The maximum atomic E-state index is 6.24. The fourth-order valence-corrected chi connectivity index (χ4v) is 3.89. The average molecular weight is 326 g/mol. The molecule has 1 saturated heterocycles. The molecule has 0 amide bonds. The van der Waals surface area contributed by atoms with Crippen molar-refractivity contribution < 1.29 is 0 Å². The molecule has 0 N–H and O–H groups in total. The van der Waals surface area contributed by atoms with Crippen LogP contribution in [0.3, 0.4) is 0 Å². The lowest BCUT2D eigenvalue weighted by molar-refractivity contribution is 0.270. The van der Waals surface area contributed by atoms with E-state index in [0.29, 0.717) is 9.90 Å². The third-order valence-corrected chi connectivity index (χ3v) is 5.55. The maximum Gasteiger partial charge on any atom is 0.162 e. The Kier molecular flexibility index (Phi) is 4.12.